The summed E-state index contributed by atoms with van der Waals surface area (Å²) in [4.78, 5) is 19.1. The van der Waals surface area contributed by atoms with Crippen LogP contribution in [0.2, 0.25) is 0 Å². The van der Waals surface area contributed by atoms with E-state index in [0.29, 0.717) is 23.0 Å². The summed E-state index contributed by atoms with van der Waals surface area (Å²) < 4.78 is 5.93. The molecule has 0 aliphatic heterocycles. The largest absolute Gasteiger partial charge is 0.465 e. The Labute approximate surface area is 183 Å². The molecule has 146 valence electrons. The van der Waals surface area contributed by atoms with Crippen molar-refractivity contribution in [1.82, 2.24) is 4.98 Å². The van der Waals surface area contributed by atoms with E-state index in [0.717, 1.165) is 10.6 Å². The predicted molar refractivity (Wildman–Crippen MR) is 123 cm³/mol. The van der Waals surface area contributed by atoms with Gasteiger partial charge in [0.15, 0.2) is 0 Å². The predicted octanol–water partition coefficient (Wildman–Crippen LogP) is 5.89. The lowest BCUT2D eigenvalue weighted by Gasteiger charge is -2.16. The normalized spacial score (nSPS) is 12.6. The van der Waals surface area contributed by atoms with Crippen molar-refractivity contribution in [1.29, 1.82) is 0 Å². The summed E-state index contributed by atoms with van der Waals surface area (Å²) in [6, 6.07) is 15.4. The van der Waals surface area contributed by atoms with Crippen LogP contribution in [0.3, 0.4) is 0 Å². The number of nitrogens with zero attached hydrogens (tertiary/aromatic N) is 2. The zero-order valence-corrected chi connectivity index (χ0v) is 18.6. The Hall–Kier alpha value is -1.53. The fourth-order valence-corrected chi connectivity index (χ4v) is 5.34. The summed E-state index contributed by atoms with van der Waals surface area (Å²) in [7, 11) is 3.14. The Morgan fingerprint density at radius 2 is 2.00 bits per heavy atom. The van der Waals surface area contributed by atoms with Crippen LogP contribution in [-0.4, -0.2) is 32.4 Å². The van der Waals surface area contributed by atoms with Gasteiger partial charge >= 0.3 is 5.97 Å². The number of hydrogen-bond acceptors (Lipinski definition) is 7. The van der Waals surface area contributed by atoms with Gasteiger partial charge in [0.1, 0.15) is 11.6 Å². The molecule has 4 nitrogen and oxygen atoms in total. The van der Waals surface area contributed by atoms with Gasteiger partial charge in [0.2, 0.25) is 0 Å². The van der Waals surface area contributed by atoms with Crippen molar-refractivity contribution in [2.45, 2.75) is 29.7 Å². The molecule has 1 atom stereocenters. The van der Waals surface area contributed by atoms with E-state index in [1.165, 1.54) is 11.8 Å². The molecule has 1 heterocycles. The Morgan fingerprint density at radius 1 is 1.25 bits per heavy atom. The van der Waals surface area contributed by atoms with Crippen molar-refractivity contribution >= 4 is 55.7 Å². The number of thioether (sulfide) groups is 1. The summed E-state index contributed by atoms with van der Waals surface area (Å²) >= 11 is 6.77. The molecule has 0 N–H and O–H groups in total. The van der Waals surface area contributed by atoms with Crippen molar-refractivity contribution in [2.75, 3.05) is 12.4 Å². The summed E-state index contributed by atoms with van der Waals surface area (Å²) in [5.41, 5.74) is 0.919. The maximum Gasteiger partial charge on any atom is 0.306 e. The molecule has 1 unspecified atom stereocenters. The van der Waals surface area contributed by atoms with Crippen molar-refractivity contribution in [3.8, 4) is 0 Å². The molecule has 1 aromatic heterocycles. The Morgan fingerprint density at radius 3 is 2.68 bits per heavy atom. The monoisotopic (exact) mass is 448 g/mol. The molecule has 0 aliphatic rings. The van der Waals surface area contributed by atoms with E-state index in [9.17, 15) is 4.79 Å². The van der Waals surface area contributed by atoms with Crippen LogP contribution in [0, 0.1) is 6.57 Å². The highest BCUT2D eigenvalue weighted by Crippen LogP contribution is 2.35. The molecule has 28 heavy (non-hydrogen) atoms. The number of rotatable bonds is 10. The lowest BCUT2D eigenvalue weighted by molar-refractivity contribution is -0.143. The third-order valence-corrected chi connectivity index (χ3v) is 7.43. The zero-order chi connectivity index (χ0) is 20.2. The maximum absolute atomic E-state index is 12.0. The van der Waals surface area contributed by atoms with Crippen LogP contribution in [0.15, 0.2) is 59.8 Å². The minimum atomic E-state index is -0.782. The van der Waals surface area contributed by atoms with Crippen LogP contribution >= 0.6 is 45.6 Å². The highest BCUT2D eigenvalue weighted by molar-refractivity contribution is 8.76. The lowest BCUT2D eigenvalue weighted by atomic mass is 10.2. The van der Waals surface area contributed by atoms with Crippen LogP contribution in [0.1, 0.15) is 25.3 Å². The van der Waals surface area contributed by atoms with Crippen molar-refractivity contribution in [2.24, 2.45) is 0 Å². The smallest absolute Gasteiger partial charge is 0.306 e. The van der Waals surface area contributed by atoms with Crippen LogP contribution in [0.5, 0.6) is 0 Å². The molecule has 0 saturated heterocycles. The van der Waals surface area contributed by atoms with E-state index < -0.39 is 4.87 Å². The van der Waals surface area contributed by atoms with Crippen LogP contribution in [0.4, 0.5) is 0 Å². The lowest BCUT2D eigenvalue weighted by Crippen LogP contribution is -2.20. The first-order valence-corrected chi connectivity index (χ1v) is 12.1. The van der Waals surface area contributed by atoms with Gasteiger partial charge in [0.25, 0.3) is 4.87 Å². The molecule has 1 aromatic carbocycles. The van der Waals surface area contributed by atoms with Gasteiger partial charge in [0.05, 0.1) is 10.6 Å². The molecule has 2 rings (SSSR count). The van der Waals surface area contributed by atoms with Crippen molar-refractivity contribution in [3.63, 3.8) is 0 Å². The average molecular weight is 449 g/mol. The second-order valence-corrected chi connectivity index (χ2v) is 10.4. The molecular formula is C20H20N2O2S4. The van der Waals surface area contributed by atoms with Crippen molar-refractivity contribution in [3.05, 3.63) is 71.7 Å². The molecular weight excluding hydrogens is 429 g/mol. The number of thiocarbonyl (C=S) groups is 1. The standard InChI is InChI=1S/C20H20N2O2S4/c1-20(21-2,27-19(25)16-8-4-3-5-9-16)12-11-18(23)24-14-15-26-28-17-10-6-7-13-22-17/h3-10,13H,11-12,14-15H2,1H3. The number of pyridine rings is 1. The molecule has 0 bridgehead atoms. The molecule has 0 fully saturated rings. The summed E-state index contributed by atoms with van der Waals surface area (Å²) in [6.07, 6.45) is 2.34. The van der Waals surface area contributed by atoms with Gasteiger partial charge in [-0.2, -0.15) is 0 Å². The second kappa shape index (κ2) is 12.1. The molecule has 0 radical (unpaired) electrons. The average Bonchev–Trinajstić information content (AvgIpc) is 2.73. The first-order valence-electron chi connectivity index (χ1n) is 8.55. The number of ether oxygens (including phenoxy) is 1. The maximum atomic E-state index is 12.0. The van der Waals surface area contributed by atoms with E-state index in [4.69, 9.17) is 23.5 Å². The fourth-order valence-electron chi connectivity index (χ4n) is 2.06. The Balaban J connectivity index is 1.68. The van der Waals surface area contributed by atoms with Gasteiger partial charge in [-0.15, -0.1) is 0 Å². The second-order valence-electron chi connectivity index (χ2n) is 5.84. The van der Waals surface area contributed by atoms with Gasteiger partial charge < -0.3 is 4.74 Å². The van der Waals surface area contributed by atoms with E-state index in [1.807, 2.05) is 55.5 Å². The minimum absolute atomic E-state index is 0.196. The van der Waals surface area contributed by atoms with Gasteiger partial charge in [-0.05, 0) is 40.3 Å². The summed E-state index contributed by atoms with van der Waals surface area (Å²) in [5.74, 6) is 0.393. The molecule has 0 aliphatic carbocycles. The third-order valence-electron chi connectivity index (χ3n) is 3.56. The molecule has 0 spiro atoms. The molecule has 8 heteroatoms. The van der Waals surface area contributed by atoms with Crippen LogP contribution < -0.4 is 0 Å². The molecule has 2 aromatic rings. The molecule has 0 amide bonds. The van der Waals surface area contributed by atoms with E-state index in [2.05, 4.69) is 9.83 Å². The first kappa shape index (κ1) is 22.8. The summed E-state index contributed by atoms with van der Waals surface area (Å²) in [6.45, 7) is 9.66. The number of benzene rings is 1. The number of carbonyl (C=O) groups excluding carboxylic acids is 1. The number of carbonyl (C=O) groups is 1. The first-order chi connectivity index (χ1) is 13.5. The Bertz CT molecular complexity index is 812. The van der Waals surface area contributed by atoms with E-state index in [-0.39, 0.29) is 12.4 Å². The summed E-state index contributed by atoms with van der Waals surface area (Å²) in [5, 5.41) is 0.929. The number of hydrogen-bond donors (Lipinski definition) is 0. The topological polar surface area (TPSA) is 43.5 Å². The van der Waals surface area contributed by atoms with Crippen LogP contribution in [-0.2, 0) is 9.53 Å². The van der Waals surface area contributed by atoms with Gasteiger partial charge in [-0.1, -0.05) is 59.4 Å². The number of aromatic nitrogens is 1. The van der Waals surface area contributed by atoms with Gasteiger partial charge in [-0.25, -0.2) is 11.6 Å². The van der Waals surface area contributed by atoms with Gasteiger partial charge in [-0.3, -0.25) is 9.64 Å². The minimum Gasteiger partial charge on any atom is -0.465 e. The van der Waals surface area contributed by atoms with E-state index >= 15 is 0 Å². The van der Waals surface area contributed by atoms with Crippen LogP contribution in [0.25, 0.3) is 4.85 Å². The highest BCUT2D eigenvalue weighted by Gasteiger charge is 2.34. The Kier molecular flexibility index (Phi) is 9.85. The number of esters is 1. The quantitative estimate of drug-likeness (QED) is 0.148. The van der Waals surface area contributed by atoms with Crippen molar-refractivity contribution < 1.29 is 9.53 Å². The molecule has 0 saturated carbocycles. The third kappa shape index (κ3) is 8.23. The van der Waals surface area contributed by atoms with E-state index in [1.54, 1.807) is 27.8 Å². The van der Waals surface area contributed by atoms with Gasteiger partial charge in [0, 0.05) is 25.3 Å². The zero-order valence-electron chi connectivity index (χ0n) is 15.4. The fraction of sp³-hybridized carbons (Fsp3) is 0.300. The highest BCUT2D eigenvalue weighted by atomic mass is 33.1. The SMILES string of the molecule is [C-]#[N+]C(C)(CCC(=O)OCCSSc1ccccn1)SC(=S)c1ccccc1.